The Hall–Kier alpha value is -0.870. The summed E-state index contributed by atoms with van der Waals surface area (Å²) in [6.45, 7) is 5.73. The van der Waals surface area contributed by atoms with Gasteiger partial charge in [0.05, 0.1) is 13.2 Å². The number of aliphatic hydroxyl groups excluding tert-OH is 1. The largest absolute Gasteiger partial charge is 0.394 e. The molecule has 0 spiro atoms. The van der Waals surface area contributed by atoms with E-state index >= 15 is 0 Å². The molecule has 0 saturated carbocycles. The fourth-order valence-corrected chi connectivity index (χ4v) is 0.997. The number of rotatable bonds is 5. The van der Waals surface area contributed by atoms with Crippen molar-refractivity contribution >= 4 is 0 Å². The second kappa shape index (κ2) is 4.39. The van der Waals surface area contributed by atoms with E-state index in [1.165, 1.54) is 0 Å². The molecule has 74 valence electrons. The van der Waals surface area contributed by atoms with Gasteiger partial charge in [-0.15, -0.1) is 0 Å². The van der Waals surface area contributed by atoms with Gasteiger partial charge in [-0.1, -0.05) is 0 Å². The highest BCUT2D eigenvalue weighted by atomic mass is 16.3. The van der Waals surface area contributed by atoms with Crippen molar-refractivity contribution in [2.75, 3.05) is 13.2 Å². The van der Waals surface area contributed by atoms with Crippen LogP contribution in [0.1, 0.15) is 13.8 Å². The van der Waals surface area contributed by atoms with Gasteiger partial charge in [0, 0.05) is 24.5 Å². The first-order valence-corrected chi connectivity index (χ1v) is 4.47. The molecule has 4 nitrogen and oxygen atoms in total. The third-order valence-corrected chi connectivity index (χ3v) is 1.90. The summed E-state index contributed by atoms with van der Waals surface area (Å²) >= 11 is 0. The summed E-state index contributed by atoms with van der Waals surface area (Å²) < 4.78 is 1.86. The second-order valence-corrected chi connectivity index (χ2v) is 3.74. The normalized spacial score (nSPS) is 11.9. The summed E-state index contributed by atoms with van der Waals surface area (Å²) in [4.78, 5) is 0. The highest BCUT2D eigenvalue weighted by Gasteiger charge is 2.13. The molecule has 0 saturated heterocycles. The van der Waals surface area contributed by atoms with E-state index in [-0.39, 0.29) is 12.1 Å². The lowest BCUT2D eigenvalue weighted by molar-refractivity contribution is 0.187. The molecule has 0 bridgehead atoms. The van der Waals surface area contributed by atoms with Crippen molar-refractivity contribution in [3.05, 3.63) is 18.5 Å². The third-order valence-electron chi connectivity index (χ3n) is 1.90. The van der Waals surface area contributed by atoms with Gasteiger partial charge in [-0.2, -0.15) is 5.10 Å². The van der Waals surface area contributed by atoms with Crippen LogP contribution in [-0.4, -0.2) is 33.6 Å². The van der Waals surface area contributed by atoms with Crippen LogP contribution >= 0.6 is 0 Å². The van der Waals surface area contributed by atoms with E-state index in [0.717, 1.165) is 13.1 Å². The molecule has 4 heteroatoms. The van der Waals surface area contributed by atoms with E-state index in [1.807, 2.05) is 30.8 Å². The Kier molecular flexibility index (Phi) is 3.45. The Balaban J connectivity index is 2.21. The van der Waals surface area contributed by atoms with Crippen molar-refractivity contribution in [2.24, 2.45) is 0 Å². The summed E-state index contributed by atoms with van der Waals surface area (Å²) in [6.07, 6.45) is 3.69. The molecule has 0 aliphatic carbocycles. The average molecular weight is 183 g/mol. The maximum absolute atomic E-state index is 8.97. The van der Waals surface area contributed by atoms with E-state index in [1.54, 1.807) is 6.20 Å². The minimum absolute atomic E-state index is 0.145. The van der Waals surface area contributed by atoms with Crippen LogP contribution in [0.15, 0.2) is 18.5 Å². The van der Waals surface area contributed by atoms with Crippen LogP contribution in [0.3, 0.4) is 0 Å². The molecule has 0 atom stereocenters. The van der Waals surface area contributed by atoms with Gasteiger partial charge in [0.15, 0.2) is 0 Å². The van der Waals surface area contributed by atoms with Crippen LogP contribution in [0.25, 0.3) is 0 Å². The zero-order chi connectivity index (χ0) is 9.73. The van der Waals surface area contributed by atoms with Gasteiger partial charge in [0.25, 0.3) is 0 Å². The monoisotopic (exact) mass is 183 g/mol. The Morgan fingerprint density at radius 3 is 2.85 bits per heavy atom. The quantitative estimate of drug-likeness (QED) is 0.687. The second-order valence-electron chi connectivity index (χ2n) is 3.74. The smallest absolute Gasteiger partial charge is 0.0607 e. The lowest BCUT2D eigenvalue weighted by Crippen LogP contribution is -2.44. The predicted octanol–water partition coefficient (Wildman–Crippen LogP) is 0.244. The Morgan fingerprint density at radius 1 is 1.54 bits per heavy atom. The zero-order valence-corrected chi connectivity index (χ0v) is 8.20. The predicted molar refractivity (Wildman–Crippen MR) is 51.4 cm³/mol. The molecular formula is C9H17N3O. The molecule has 1 rings (SSSR count). The van der Waals surface area contributed by atoms with Crippen molar-refractivity contribution in [1.29, 1.82) is 0 Å². The van der Waals surface area contributed by atoms with Crippen molar-refractivity contribution < 1.29 is 5.11 Å². The van der Waals surface area contributed by atoms with E-state index in [0.29, 0.717) is 0 Å². The van der Waals surface area contributed by atoms with E-state index in [9.17, 15) is 0 Å². The number of nitrogens with zero attached hydrogens (tertiary/aromatic N) is 2. The highest BCUT2D eigenvalue weighted by molar-refractivity contribution is 4.79. The molecule has 0 aliphatic heterocycles. The van der Waals surface area contributed by atoms with Crippen LogP contribution in [0.5, 0.6) is 0 Å². The standard InChI is InChI=1S/C9H17N3O/c1-9(2,8-13)10-5-7-12-6-3-4-11-12/h3-4,6,10,13H,5,7-8H2,1-2H3. The average Bonchev–Trinajstić information content (AvgIpc) is 2.57. The summed E-state index contributed by atoms with van der Waals surface area (Å²) in [5.74, 6) is 0. The number of hydrogen-bond donors (Lipinski definition) is 2. The zero-order valence-electron chi connectivity index (χ0n) is 8.20. The number of nitrogens with one attached hydrogen (secondary N) is 1. The van der Waals surface area contributed by atoms with Crippen LogP contribution < -0.4 is 5.32 Å². The first-order chi connectivity index (χ1) is 6.14. The van der Waals surface area contributed by atoms with Gasteiger partial charge in [0.1, 0.15) is 0 Å². The molecule has 2 N–H and O–H groups in total. The Labute approximate surface area is 78.6 Å². The summed E-state index contributed by atoms with van der Waals surface area (Å²) in [6, 6.07) is 1.90. The number of aliphatic hydroxyl groups is 1. The maximum atomic E-state index is 8.97. The summed E-state index contributed by atoms with van der Waals surface area (Å²) in [7, 11) is 0. The Bertz CT molecular complexity index is 231. The third kappa shape index (κ3) is 3.57. The van der Waals surface area contributed by atoms with Crippen LogP contribution in [0, 0.1) is 0 Å². The molecule has 0 aliphatic rings. The van der Waals surface area contributed by atoms with Crippen molar-refractivity contribution in [2.45, 2.75) is 25.9 Å². The fraction of sp³-hybridized carbons (Fsp3) is 0.667. The molecule has 0 radical (unpaired) electrons. The molecule has 13 heavy (non-hydrogen) atoms. The lowest BCUT2D eigenvalue weighted by atomic mass is 10.1. The molecular weight excluding hydrogens is 166 g/mol. The van der Waals surface area contributed by atoms with Crippen molar-refractivity contribution in [3.8, 4) is 0 Å². The van der Waals surface area contributed by atoms with Crippen LogP contribution in [0.4, 0.5) is 0 Å². The lowest BCUT2D eigenvalue weighted by Gasteiger charge is -2.23. The van der Waals surface area contributed by atoms with E-state index in [4.69, 9.17) is 5.11 Å². The van der Waals surface area contributed by atoms with Gasteiger partial charge in [-0.25, -0.2) is 0 Å². The SMILES string of the molecule is CC(C)(CO)NCCn1cccn1. The first-order valence-electron chi connectivity index (χ1n) is 4.47. The van der Waals surface area contributed by atoms with Gasteiger partial charge in [-0.3, -0.25) is 4.68 Å². The van der Waals surface area contributed by atoms with Gasteiger partial charge in [-0.05, 0) is 19.9 Å². The minimum Gasteiger partial charge on any atom is -0.394 e. The van der Waals surface area contributed by atoms with Crippen LogP contribution in [-0.2, 0) is 6.54 Å². The number of aromatic nitrogens is 2. The summed E-state index contributed by atoms with van der Waals surface area (Å²) in [5, 5.41) is 16.3. The van der Waals surface area contributed by atoms with Crippen LogP contribution in [0.2, 0.25) is 0 Å². The highest BCUT2D eigenvalue weighted by Crippen LogP contribution is 1.98. The number of hydrogen-bond acceptors (Lipinski definition) is 3. The molecule has 0 fully saturated rings. The van der Waals surface area contributed by atoms with Gasteiger partial charge < -0.3 is 10.4 Å². The Morgan fingerprint density at radius 2 is 2.31 bits per heavy atom. The molecule has 1 aromatic rings. The van der Waals surface area contributed by atoms with Gasteiger partial charge in [0.2, 0.25) is 0 Å². The topological polar surface area (TPSA) is 50.1 Å². The minimum atomic E-state index is -0.201. The van der Waals surface area contributed by atoms with Crippen molar-refractivity contribution in [3.63, 3.8) is 0 Å². The van der Waals surface area contributed by atoms with E-state index in [2.05, 4.69) is 10.4 Å². The van der Waals surface area contributed by atoms with Gasteiger partial charge >= 0.3 is 0 Å². The fourth-order valence-electron chi connectivity index (χ4n) is 0.997. The molecule has 0 aromatic carbocycles. The molecule has 1 heterocycles. The summed E-state index contributed by atoms with van der Waals surface area (Å²) in [5.41, 5.74) is -0.201. The maximum Gasteiger partial charge on any atom is 0.0607 e. The molecule has 1 aromatic heterocycles. The molecule has 0 amide bonds. The first kappa shape index (κ1) is 10.2. The van der Waals surface area contributed by atoms with E-state index < -0.39 is 0 Å². The van der Waals surface area contributed by atoms with Crippen molar-refractivity contribution in [1.82, 2.24) is 15.1 Å². The molecule has 0 unspecified atom stereocenters.